The smallest absolute Gasteiger partial charge is 0.269 e. The number of carbonyl (C=O) groups excluding carboxylic acids is 2. The van der Waals surface area contributed by atoms with Gasteiger partial charge in [0, 0.05) is 27.4 Å². The molecular weight excluding hydrogens is 400 g/mol. The van der Waals surface area contributed by atoms with E-state index in [0.29, 0.717) is 28.3 Å². The van der Waals surface area contributed by atoms with E-state index in [1.807, 2.05) is 0 Å². The van der Waals surface area contributed by atoms with E-state index in [1.54, 1.807) is 49.4 Å². The molecule has 0 fully saturated rings. The number of hydrogen-bond donors (Lipinski definition) is 2. The van der Waals surface area contributed by atoms with Crippen molar-refractivity contribution < 1.29 is 19.1 Å². The van der Waals surface area contributed by atoms with Crippen molar-refractivity contribution in [3.05, 3.63) is 69.8 Å². The normalized spacial score (nSPS) is 10.8. The Hall–Kier alpha value is -2.80. The van der Waals surface area contributed by atoms with Crippen LogP contribution in [0.5, 0.6) is 11.5 Å². The molecule has 136 valence electrons. The zero-order chi connectivity index (χ0) is 19.1. The second kappa shape index (κ2) is 9.05. The molecule has 0 aromatic heterocycles. The molecule has 0 unspecified atom stereocenters. The van der Waals surface area contributed by atoms with Gasteiger partial charge in [0.25, 0.3) is 5.91 Å². The Kier molecular flexibility index (Phi) is 6.80. The molecule has 0 spiro atoms. The number of amides is 1. The van der Waals surface area contributed by atoms with Gasteiger partial charge in [0.15, 0.2) is 17.3 Å². The average molecular weight is 419 g/mol. The van der Waals surface area contributed by atoms with Crippen LogP contribution in [0.3, 0.4) is 0 Å². The zero-order valence-corrected chi connectivity index (χ0v) is 16.2. The summed E-state index contributed by atoms with van der Waals surface area (Å²) in [5.41, 5.74) is 6.71. The molecule has 0 radical (unpaired) electrons. The second-order valence-electron chi connectivity index (χ2n) is 5.35. The van der Waals surface area contributed by atoms with E-state index in [0.717, 1.165) is 4.47 Å². The van der Waals surface area contributed by atoms with Gasteiger partial charge in [-0.1, -0.05) is 15.9 Å². The summed E-state index contributed by atoms with van der Waals surface area (Å²) in [7, 11) is 3.02. The number of benzene rings is 2. The van der Waals surface area contributed by atoms with Crippen molar-refractivity contribution in [3.8, 4) is 11.5 Å². The van der Waals surface area contributed by atoms with Crippen molar-refractivity contribution >= 4 is 27.6 Å². The fraction of sp³-hybridized carbons (Fsp3) is 0.158. The van der Waals surface area contributed by atoms with Gasteiger partial charge in [0.05, 0.1) is 14.2 Å². The number of methoxy groups -OCH3 is 2. The summed E-state index contributed by atoms with van der Waals surface area (Å²) in [5.74, 6) is 0.462. The minimum atomic E-state index is -0.366. The lowest BCUT2D eigenvalue weighted by Crippen LogP contribution is -2.36. The number of rotatable bonds is 7. The summed E-state index contributed by atoms with van der Waals surface area (Å²) < 4.78 is 11.2. The van der Waals surface area contributed by atoms with E-state index in [-0.39, 0.29) is 11.7 Å². The third kappa shape index (κ3) is 5.10. The highest BCUT2D eigenvalue weighted by Gasteiger charge is 2.10. The topological polar surface area (TPSA) is 76.7 Å². The monoisotopic (exact) mass is 418 g/mol. The van der Waals surface area contributed by atoms with Crippen LogP contribution in [0.2, 0.25) is 0 Å². The maximum Gasteiger partial charge on any atom is 0.269 e. The number of halogens is 1. The Bertz CT molecular complexity index is 832. The van der Waals surface area contributed by atoms with Crippen molar-refractivity contribution in [1.29, 1.82) is 0 Å². The van der Waals surface area contributed by atoms with Crippen molar-refractivity contribution in [2.24, 2.45) is 0 Å². The molecule has 0 aliphatic carbocycles. The molecule has 2 aromatic rings. The largest absolute Gasteiger partial charge is 0.493 e. The number of carbonyl (C=O) groups is 2. The first-order valence-electron chi connectivity index (χ1n) is 7.71. The lowest BCUT2D eigenvalue weighted by atomic mass is 10.1. The van der Waals surface area contributed by atoms with Gasteiger partial charge in [-0.25, -0.2) is 0 Å². The Balaban J connectivity index is 1.99. The number of nitrogens with one attached hydrogen (secondary N) is 2. The first-order chi connectivity index (χ1) is 12.4. The van der Waals surface area contributed by atoms with Gasteiger partial charge in [-0.2, -0.15) is 0 Å². The Morgan fingerprint density at radius 2 is 1.54 bits per heavy atom. The fourth-order valence-corrected chi connectivity index (χ4v) is 2.40. The van der Waals surface area contributed by atoms with Crippen LogP contribution in [0.4, 0.5) is 0 Å². The van der Waals surface area contributed by atoms with E-state index >= 15 is 0 Å². The summed E-state index contributed by atoms with van der Waals surface area (Å²) in [6, 6.07) is 11.9. The third-order valence-electron chi connectivity index (χ3n) is 3.50. The molecule has 6 nitrogen and oxygen atoms in total. The SMILES string of the molecule is COc1ccc(C(=O)NN/C(C)=C/C(=O)c2ccc(Br)cc2)cc1OC. The summed E-state index contributed by atoms with van der Waals surface area (Å²) in [6.07, 6.45) is 1.41. The molecule has 0 aliphatic heterocycles. The predicted molar refractivity (Wildman–Crippen MR) is 102 cm³/mol. The molecule has 0 bridgehead atoms. The van der Waals surface area contributed by atoms with Crippen LogP contribution in [-0.2, 0) is 0 Å². The quantitative estimate of drug-likeness (QED) is 0.408. The average Bonchev–Trinajstić information content (AvgIpc) is 2.65. The Morgan fingerprint density at radius 3 is 2.15 bits per heavy atom. The van der Waals surface area contributed by atoms with Gasteiger partial charge in [0.1, 0.15) is 0 Å². The first-order valence-corrected chi connectivity index (χ1v) is 8.50. The molecular formula is C19H19BrN2O4. The van der Waals surface area contributed by atoms with Crippen molar-refractivity contribution in [2.75, 3.05) is 14.2 Å². The molecule has 7 heteroatoms. The highest BCUT2D eigenvalue weighted by atomic mass is 79.9. The maximum absolute atomic E-state index is 12.2. The van der Waals surface area contributed by atoms with Crippen LogP contribution in [-0.4, -0.2) is 25.9 Å². The standard InChI is InChI=1S/C19H19BrN2O4/c1-12(10-16(23)13-4-7-15(20)8-5-13)21-22-19(24)14-6-9-17(25-2)18(11-14)26-3/h4-11,21H,1-3H3,(H,22,24)/b12-10+. The van der Waals surface area contributed by atoms with Crippen molar-refractivity contribution in [1.82, 2.24) is 10.9 Å². The minimum Gasteiger partial charge on any atom is -0.493 e. The molecule has 0 heterocycles. The molecule has 0 saturated heterocycles. The second-order valence-corrected chi connectivity index (χ2v) is 6.26. The van der Waals surface area contributed by atoms with Crippen LogP contribution < -0.4 is 20.3 Å². The van der Waals surface area contributed by atoms with Gasteiger partial charge in [-0.15, -0.1) is 0 Å². The molecule has 2 rings (SSSR count). The summed E-state index contributed by atoms with van der Waals surface area (Å²) in [5, 5.41) is 0. The van der Waals surface area contributed by atoms with Crippen LogP contribution >= 0.6 is 15.9 Å². The van der Waals surface area contributed by atoms with Crippen LogP contribution in [0.1, 0.15) is 27.6 Å². The number of ether oxygens (including phenoxy) is 2. The Morgan fingerprint density at radius 1 is 0.923 bits per heavy atom. The van der Waals surface area contributed by atoms with E-state index in [1.165, 1.54) is 20.3 Å². The molecule has 0 aliphatic rings. The number of hydrazine groups is 1. The molecule has 26 heavy (non-hydrogen) atoms. The van der Waals surface area contributed by atoms with Gasteiger partial charge in [-0.3, -0.25) is 15.0 Å². The summed E-state index contributed by atoms with van der Waals surface area (Å²) in [6.45, 7) is 1.69. The predicted octanol–water partition coefficient (Wildman–Crippen LogP) is 3.49. The van der Waals surface area contributed by atoms with Gasteiger partial charge in [0.2, 0.25) is 0 Å². The molecule has 0 atom stereocenters. The van der Waals surface area contributed by atoms with Gasteiger partial charge < -0.3 is 14.9 Å². The van der Waals surface area contributed by atoms with Crippen molar-refractivity contribution in [3.63, 3.8) is 0 Å². The highest BCUT2D eigenvalue weighted by Crippen LogP contribution is 2.27. The van der Waals surface area contributed by atoms with Crippen LogP contribution in [0, 0.1) is 0 Å². The number of hydrogen-bond acceptors (Lipinski definition) is 5. The lowest BCUT2D eigenvalue weighted by Gasteiger charge is -2.11. The number of allylic oxidation sites excluding steroid dienone is 2. The van der Waals surface area contributed by atoms with Crippen LogP contribution in [0.25, 0.3) is 0 Å². The van der Waals surface area contributed by atoms with E-state index in [9.17, 15) is 9.59 Å². The lowest BCUT2D eigenvalue weighted by molar-refractivity contribution is 0.0936. The van der Waals surface area contributed by atoms with E-state index in [2.05, 4.69) is 26.8 Å². The summed E-state index contributed by atoms with van der Waals surface area (Å²) in [4.78, 5) is 24.4. The maximum atomic E-state index is 12.2. The van der Waals surface area contributed by atoms with Gasteiger partial charge >= 0.3 is 0 Å². The highest BCUT2D eigenvalue weighted by molar-refractivity contribution is 9.10. The van der Waals surface area contributed by atoms with E-state index < -0.39 is 0 Å². The molecule has 1 amide bonds. The Labute approximate surface area is 160 Å². The van der Waals surface area contributed by atoms with Gasteiger partial charge in [-0.05, 0) is 49.4 Å². The molecule has 2 N–H and O–H groups in total. The van der Waals surface area contributed by atoms with Crippen LogP contribution in [0.15, 0.2) is 58.7 Å². The van der Waals surface area contributed by atoms with E-state index in [4.69, 9.17) is 9.47 Å². The number of ketones is 1. The zero-order valence-electron chi connectivity index (χ0n) is 14.6. The molecule has 0 saturated carbocycles. The first kappa shape index (κ1) is 19.5. The van der Waals surface area contributed by atoms with Crippen molar-refractivity contribution in [2.45, 2.75) is 6.92 Å². The molecule has 2 aromatic carbocycles. The fourth-order valence-electron chi connectivity index (χ4n) is 2.14. The third-order valence-corrected chi connectivity index (χ3v) is 4.02. The minimum absolute atomic E-state index is 0.164. The summed E-state index contributed by atoms with van der Waals surface area (Å²) >= 11 is 3.32.